The number of carbonyl (C=O) groups excluding carboxylic acids is 2. The lowest BCUT2D eigenvalue weighted by atomic mass is 10.2. The molecule has 2 aromatic carbocycles. The minimum Gasteiger partial charge on any atom is -0.385 e. The Kier molecular flexibility index (Phi) is 6.92. The van der Waals surface area contributed by atoms with Gasteiger partial charge in [0.2, 0.25) is 5.91 Å². The van der Waals surface area contributed by atoms with Crippen molar-refractivity contribution in [3.8, 4) is 0 Å². The zero-order valence-electron chi connectivity index (χ0n) is 13.7. The third kappa shape index (κ3) is 5.75. The highest BCUT2D eigenvalue weighted by Gasteiger charge is 2.10. The molecule has 0 unspecified atom stereocenters. The van der Waals surface area contributed by atoms with Crippen molar-refractivity contribution in [3.63, 3.8) is 0 Å². The van der Waals surface area contributed by atoms with Crippen LogP contribution in [0.4, 0.5) is 11.4 Å². The van der Waals surface area contributed by atoms with Crippen molar-refractivity contribution in [1.29, 1.82) is 0 Å². The van der Waals surface area contributed by atoms with Gasteiger partial charge < -0.3 is 5.32 Å². The first-order valence-electron chi connectivity index (χ1n) is 7.79. The van der Waals surface area contributed by atoms with Gasteiger partial charge in [-0.1, -0.05) is 23.7 Å². The highest BCUT2D eigenvalue weighted by Crippen LogP contribution is 2.15. The van der Waals surface area contributed by atoms with Gasteiger partial charge in [-0.2, -0.15) is 0 Å². The van der Waals surface area contributed by atoms with Crippen LogP contribution in [0.3, 0.4) is 0 Å². The molecule has 3 N–H and O–H groups in total. The minimum atomic E-state index is -0.493. The van der Waals surface area contributed by atoms with Crippen molar-refractivity contribution in [2.75, 3.05) is 11.9 Å². The molecule has 2 aromatic rings. The van der Waals surface area contributed by atoms with Gasteiger partial charge in [0.05, 0.1) is 15.5 Å². The molecule has 0 aromatic heterocycles. The number of amides is 2. The largest absolute Gasteiger partial charge is 0.385 e. The van der Waals surface area contributed by atoms with Crippen LogP contribution in [-0.4, -0.2) is 23.3 Å². The summed E-state index contributed by atoms with van der Waals surface area (Å²) in [5.41, 5.74) is 5.65. The van der Waals surface area contributed by atoms with Crippen molar-refractivity contribution in [2.45, 2.75) is 12.8 Å². The van der Waals surface area contributed by atoms with Gasteiger partial charge >= 0.3 is 0 Å². The number of rotatable bonds is 7. The first-order valence-corrected chi connectivity index (χ1v) is 8.17. The highest BCUT2D eigenvalue weighted by molar-refractivity contribution is 6.33. The van der Waals surface area contributed by atoms with Crippen LogP contribution in [0, 0.1) is 10.1 Å². The fourth-order valence-corrected chi connectivity index (χ4v) is 2.31. The van der Waals surface area contributed by atoms with Crippen molar-refractivity contribution in [3.05, 3.63) is 69.2 Å². The topological polar surface area (TPSA) is 113 Å². The molecule has 0 fully saturated rings. The second-order valence-electron chi connectivity index (χ2n) is 5.32. The maximum Gasteiger partial charge on any atom is 0.271 e. The van der Waals surface area contributed by atoms with Gasteiger partial charge in [-0.15, -0.1) is 0 Å². The van der Waals surface area contributed by atoms with E-state index in [4.69, 9.17) is 11.6 Å². The molecule has 0 aliphatic carbocycles. The van der Waals surface area contributed by atoms with E-state index in [-0.39, 0.29) is 23.6 Å². The van der Waals surface area contributed by atoms with E-state index in [1.54, 1.807) is 36.4 Å². The quantitative estimate of drug-likeness (QED) is 0.390. The number of non-ortho nitro benzene ring substituents is 1. The third-order valence-electron chi connectivity index (χ3n) is 3.42. The molecule has 0 spiro atoms. The predicted molar refractivity (Wildman–Crippen MR) is 97.9 cm³/mol. The number of hydrazine groups is 1. The van der Waals surface area contributed by atoms with E-state index in [0.29, 0.717) is 18.0 Å². The lowest BCUT2D eigenvalue weighted by Crippen LogP contribution is -2.41. The van der Waals surface area contributed by atoms with Crippen molar-refractivity contribution >= 4 is 34.8 Å². The molecular formula is C17H17ClN4O4. The lowest BCUT2D eigenvalue weighted by Gasteiger charge is -2.09. The molecule has 0 saturated heterocycles. The van der Waals surface area contributed by atoms with Gasteiger partial charge in [0, 0.05) is 30.8 Å². The molecule has 2 rings (SSSR count). The monoisotopic (exact) mass is 376 g/mol. The Morgan fingerprint density at radius 1 is 1.04 bits per heavy atom. The number of carbonyl (C=O) groups is 2. The second kappa shape index (κ2) is 9.38. The van der Waals surface area contributed by atoms with Crippen LogP contribution in [-0.2, 0) is 4.79 Å². The summed E-state index contributed by atoms with van der Waals surface area (Å²) in [6.07, 6.45) is 0.716. The Labute approximate surface area is 154 Å². The Morgan fingerprint density at radius 2 is 1.73 bits per heavy atom. The number of benzene rings is 2. The van der Waals surface area contributed by atoms with E-state index < -0.39 is 10.8 Å². The molecule has 9 heteroatoms. The number of nitrogens with one attached hydrogen (secondary N) is 3. The Morgan fingerprint density at radius 3 is 2.38 bits per heavy atom. The summed E-state index contributed by atoms with van der Waals surface area (Å²) < 4.78 is 0. The number of nitro groups is 1. The molecule has 136 valence electrons. The van der Waals surface area contributed by atoms with Gasteiger partial charge in [0.25, 0.3) is 11.6 Å². The van der Waals surface area contributed by atoms with Crippen molar-refractivity contribution < 1.29 is 14.5 Å². The van der Waals surface area contributed by atoms with Crippen LogP contribution in [0.5, 0.6) is 0 Å². The molecular weight excluding hydrogens is 360 g/mol. The van der Waals surface area contributed by atoms with Crippen molar-refractivity contribution in [1.82, 2.24) is 10.9 Å². The predicted octanol–water partition coefficient (Wildman–Crippen LogP) is 2.90. The van der Waals surface area contributed by atoms with Gasteiger partial charge in [-0.05, 0) is 30.7 Å². The molecule has 26 heavy (non-hydrogen) atoms. The third-order valence-corrected chi connectivity index (χ3v) is 3.75. The van der Waals surface area contributed by atoms with Crippen LogP contribution in [0.25, 0.3) is 0 Å². The van der Waals surface area contributed by atoms with E-state index in [2.05, 4.69) is 16.2 Å². The maximum absolute atomic E-state index is 11.9. The van der Waals surface area contributed by atoms with E-state index in [1.807, 2.05) is 0 Å². The molecule has 0 radical (unpaired) electrons. The van der Waals surface area contributed by atoms with Gasteiger partial charge in [-0.3, -0.25) is 30.6 Å². The van der Waals surface area contributed by atoms with Gasteiger partial charge in [-0.25, -0.2) is 0 Å². The molecule has 0 aliphatic heterocycles. The second-order valence-corrected chi connectivity index (χ2v) is 5.72. The molecule has 0 heterocycles. The number of nitro benzene ring substituents is 1. The van der Waals surface area contributed by atoms with Crippen LogP contribution in [0.1, 0.15) is 23.2 Å². The number of anilines is 1. The van der Waals surface area contributed by atoms with E-state index in [0.717, 1.165) is 5.69 Å². The Bertz CT molecular complexity index is 796. The molecule has 0 atom stereocenters. The summed E-state index contributed by atoms with van der Waals surface area (Å²) >= 11 is 5.90. The van der Waals surface area contributed by atoms with E-state index >= 15 is 0 Å². The smallest absolute Gasteiger partial charge is 0.271 e. The fraction of sp³-hybridized carbons (Fsp3) is 0.176. The summed E-state index contributed by atoms with van der Waals surface area (Å²) in [4.78, 5) is 33.7. The first-order chi connectivity index (χ1) is 12.5. The Hall–Kier alpha value is -3.13. The zero-order chi connectivity index (χ0) is 18.9. The van der Waals surface area contributed by atoms with Gasteiger partial charge in [0.1, 0.15) is 0 Å². The first kappa shape index (κ1) is 19.2. The molecule has 0 bridgehead atoms. The average Bonchev–Trinajstić information content (AvgIpc) is 2.64. The summed E-state index contributed by atoms with van der Waals surface area (Å²) in [5, 5.41) is 13.9. The molecule has 0 saturated carbocycles. The van der Waals surface area contributed by atoms with Crippen molar-refractivity contribution in [2.24, 2.45) is 0 Å². The molecule has 8 nitrogen and oxygen atoms in total. The van der Waals surface area contributed by atoms with E-state index in [9.17, 15) is 19.7 Å². The Balaban J connectivity index is 1.66. The molecule has 2 amide bonds. The fourth-order valence-electron chi connectivity index (χ4n) is 2.08. The lowest BCUT2D eigenvalue weighted by molar-refractivity contribution is -0.384. The molecule has 0 aliphatic rings. The number of hydrogen-bond donors (Lipinski definition) is 3. The minimum absolute atomic E-state index is 0.0178. The summed E-state index contributed by atoms with van der Waals surface area (Å²) in [5.74, 6) is -0.830. The zero-order valence-corrected chi connectivity index (χ0v) is 14.5. The van der Waals surface area contributed by atoms with Gasteiger partial charge in [0.15, 0.2) is 0 Å². The van der Waals surface area contributed by atoms with Crippen LogP contribution >= 0.6 is 11.6 Å². The summed E-state index contributed by atoms with van der Waals surface area (Å²) in [6, 6.07) is 12.5. The number of halogens is 1. The SMILES string of the molecule is O=C(CCCNc1ccc([N+](=O)[O-])cc1)NNC(=O)c1ccccc1Cl. The highest BCUT2D eigenvalue weighted by atomic mass is 35.5. The van der Waals surface area contributed by atoms with Crippen LogP contribution in [0.15, 0.2) is 48.5 Å². The normalized spacial score (nSPS) is 10.0. The van der Waals surface area contributed by atoms with Crippen LogP contribution < -0.4 is 16.2 Å². The van der Waals surface area contributed by atoms with Crippen LogP contribution in [0.2, 0.25) is 5.02 Å². The summed E-state index contributed by atoms with van der Waals surface area (Å²) in [6.45, 7) is 0.504. The number of nitrogens with zero attached hydrogens (tertiary/aromatic N) is 1. The number of hydrogen-bond acceptors (Lipinski definition) is 5. The summed E-state index contributed by atoms with van der Waals surface area (Å²) in [7, 11) is 0. The standard InChI is InChI=1S/C17H17ClN4O4/c18-15-5-2-1-4-14(15)17(24)21-20-16(23)6-3-11-19-12-7-9-13(10-8-12)22(25)26/h1-2,4-5,7-10,19H,3,6,11H2,(H,20,23)(H,21,24). The average molecular weight is 377 g/mol. The van der Waals surface area contributed by atoms with E-state index in [1.165, 1.54) is 12.1 Å². The maximum atomic E-state index is 11.9.